The number of amides is 1. The minimum atomic E-state index is -4.46. The number of nitrogens with zero attached hydrogens (tertiary/aromatic N) is 1. The van der Waals surface area contributed by atoms with E-state index in [4.69, 9.17) is 14.2 Å². The van der Waals surface area contributed by atoms with Gasteiger partial charge in [-0.15, -0.1) is 0 Å². The Morgan fingerprint density at radius 3 is 2.76 bits per heavy atom. The summed E-state index contributed by atoms with van der Waals surface area (Å²) < 4.78 is 67.8. The molecule has 1 atom stereocenters. The number of halogens is 4. The third-order valence-corrected chi connectivity index (χ3v) is 4.42. The Balaban J connectivity index is 1.62. The number of rotatable bonds is 5. The molecule has 0 radical (unpaired) electrons. The van der Waals surface area contributed by atoms with Crippen LogP contribution in [0.15, 0.2) is 42.5 Å². The molecule has 1 amide bonds. The lowest BCUT2D eigenvalue weighted by Crippen LogP contribution is -2.47. The van der Waals surface area contributed by atoms with Crippen molar-refractivity contribution in [3.63, 3.8) is 0 Å². The zero-order valence-corrected chi connectivity index (χ0v) is 15.5. The Labute approximate surface area is 164 Å². The van der Waals surface area contributed by atoms with Crippen molar-refractivity contribution >= 4 is 5.91 Å². The van der Waals surface area contributed by atoms with Crippen LogP contribution >= 0.6 is 0 Å². The number of methoxy groups -OCH3 is 1. The maximum Gasteiger partial charge on any atom is 0.416 e. The Morgan fingerprint density at radius 1 is 1.24 bits per heavy atom. The topological polar surface area (TPSA) is 48.0 Å². The van der Waals surface area contributed by atoms with Crippen LogP contribution in [0, 0.1) is 5.82 Å². The number of carbonyl (C=O) groups excluding carboxylic acids is 1. The monoisotopic (exact) mass is 413 g/mol. The second kappa shape index (κ2) is 8.69. The molecule has 156 valence electrons. The van der Waals surface area contributed by atoms with Crippen molar-refractivity contribution in [3.05, 3.63) is 59.4 Å². The van der Waals surface area contributed by atoms with E-state index in [0.29, 0.717) is 6.54 Å². The largest absolute Gasteiger partial charge is 0.494 e. The number of carbonyl (C=O) groups is 1. The Hall–Kier alpha value is -2.81. The van der Waals surface area contributed by atoms with Crippen LogP contribution in [0.4, 0.5) is 17.6 Å². The smallest absolute Gasteiger partial charge is 0.416 e. The average molecular weight is 413 g/mol. The van der Waals surface area contributed by atoms with Crippen LogP contribution in [0.5, 0.6) is 11.5 Å². The van der Waals surface area contributed by atoms with Gasteiger partial charge in [-0.1, -0.05) is 6.07 Å². The maximum absolute atomic E-state index is 13.5. The highest BCUT2D eigenvalue weighted by Crippen LogP contribution is 2.31. The van der Waals surface area contributed by atoms with Crippen LogP contribution in [0.2, 0.25) is 0 Å². The highest BCUT2D eigenvalue weighted by atomic mass is 19.4. The van der Waals surface area contributed by atoms with E-state index >= 15 is 0 Å². The van der Waals surface area contributed by atoms with Crippen LogP contribution in [0.1, 0.15) is 15.9 Å². The molecular formula is C20H19F4NO4. The summed E-state index contributed by atoms with van der Waals surface area (Å²) in [5, 5.41) is 0. The molecule has 0 bridgehead atoms. The molecule has 1 aliphatic rings. The molecule has 1 aliphatic heterocycles. The van der Waals surface area contributed by atoms with E-state index in [1.54, 1.807) is 0 Å². The van der Waals surface area contributed by atoms with Gasteiger partial charge in [0, 0.05) is 12.1 Å². The first-order valence-electron chi connectivity index (χ1n) is 8.82. The van der Waals surface area contributed by atoms with Crippen molar-refractivity contribution in [2.75, 3.05) is 33.4 Å². The molecule has 29 heavy (non-hydrogen) atoms. The van der Waals surface area contributed by atoms with E-state index in [-0.39, 0.29) is 42.7 Å². The first-order chi connectivity index (χ1) is 13.8. The molecule has 9 heteroatoms. The molecule has 2 aromatic carbocycles. The van der Waals surface area contributed by atoms with E-state index in [9.17, 15) is 22.4 Å². The number of alkyl halides is 3. The molecule has 0 aromatic heterocycles. The third-order valence-electron chi connectivity index (χ3n) is 4.42. The van der Waals surface area contributed by atoms with Crippen LogP contribution in [0.25, 0.3) is 0 Å². The van der Waals surface area contributed by atoms with Gasteiger partial charge in [0.15, 0.2) is 11.6 Å². The summed E-state index contributed by atoms with van der Waals surface area (Å²) in [4.78, 5) is 14.2. The molecule has 1 heterocycles. The van der Waals surface area contributed by atoms with Crippen LogP contribution in [0.3, 0.4) is 0 Å². The Morgan fingerprint density at radius 2 is 2.03 bits per heavy atom. The summed E-state index contributed by atoms with van der Waals surface area (Å²) in [5.74, 6) is -0.863. The molecule has 5 nitrogen and oxygen atoms in total. The lowest BCUT2D eigenvalue weighted by molar-refractivity contribution is -0.137. The normalized spacial score (nSPS) is 17.1. The van der Waals surface area contributed by atoms with Gasteiger partial charge in [0.2, 0.25) is 0 Å². The van der Waals surface area contributed by atoms with Gasteiger partial charge in [0.05, 0.1) is 25.8 Å². The summed E-state index contributed by atoms with van der Waals surface area (Å²) in [6.45, 7) is 0.759. The van der Waals surface area contributed by atoms with E-state index in [1.165, 1.54) is 36.3 Å². The predicted molar refractivity (Wildman–Crippen MR) is 95.5 cm³/mol. The summed E-state index contributed by atoms with van der Waals surface area (Å²) in [6, 6.07) is 8.40. The average Bonchev–Trinajstić information content (AvgIpc) is 2.72. The van der Waals surface area contributed by atoms with E-state index in [2.05, 4.69) is 0 Å². The molecule has 0 N–H and O–H groups in total. The second-order valence-corrected chi connectivity index (χ2v) is 6.43. The lowest BCUT2D eigenvalue weighted by atomic mass is 10.1. The predicted octanol–water partition coefficient (Wildman–Crippen LogP) is 3.77. The van der Waals surface area contributed by atoms with Crippen molar-refractivity contribution < 1.29 is 36.6 Å². The Bertz CT molecular complexity index is 872. The fourth-order valence-electron chi connectivity index (χ4n) is 2.93. The quantitative estimate of drug-likeness (QED) is 0.701. The molecular weight excluding hydrogens is 394 g/mol. The van der Waals surface area contributed by atoms with Gasteiger partial charge < -0.3 is 19.1 Å². The van der Waals surface area contributed by atoms with Gasteiger partial charge in [-0.05, 0) is 36.4 Å². The van der Waals surface area contributed by atoms with Crippen molar-refractivity contribution in [2.24, 2.45) is 0 Å². The fourth-order valence-corrected chi connectivity index (χ4v) is 2.93. The summed E-state index contributed by atoms with van der Waals surface area (Å²) in [5.41, 5.74) is -0.538. The van der Waals surface area contributed by atoms with Gasteiger partial charge in [-0.3, -0.25) is 4.79 Å². The minimum absolute atomic E-state index is 0.0160. The van der Waals surface area contributed by atoms with Gasteiger partial charge in [-0.25, -0.2) is 4.39 Å². The van der Waals surface area contributed by atoms with Crippen LogP contribution < -0.4 is 9.47 Å². The zero-order valence-electron chi connectivity index (χ0n) is 15.5. The van der Waals surface area contributed by atoms with Gasteiger partial charge in [0.25, 0.3) is 5.91 Å². The third kappa shape index (κ3) is 5.17. The molecule has 1 fully saturated rings. The molecule has 1 saturated heterocycles. The summed E-state index contributed by atoms with van der Waals surface area (Å²) in [7, 11) is 1.31. The zero-order chi connectivity index (χ0) is 21.0. The van der Waals surface area contributed by atoms with Crippen molar-refractivity contribution in [1.82, 2.24) is 4.90 Å². The molecule has 2 aromatic rings. The molecule has 0 aliphatic carbocycles. The lowest BCUT2D eigenvalue weighted by Gasteiger charge is -2.33. The Kier molecular flexibility index (Phi) is 6.26. The van der Waals surface area contributed by atoms with Crippen molar-refractivity contribution in [2.45, 2.75) is 12.3 Å². The number of hydrogen-bond donors (Lipinski definition) is 0. The van der Waals surface area contributed by atoms with Crippen molar-refractivity contribution in [3.8, 4) is 11.5 Å². The molecule has 1 unspecified atom stereocenters. The van der Waals surface area contributed by atoms with Gasteiger partial charge in [-0.2, -0.15) is 13.2 Å². The van der Waals surface area contributed by atoms with Crippen LogP contribution in [-0.2, 0) is 10.9 Å². The fraction of sp³-hybridized carbons (Fsp3) is 0.350. The van der Waals surface area contributed by atoms with Crippen LogP contribution in [-0.4, -0.2) is 50.3 Å². The van der Waals surface area contributed by atoms with E-state index in [1.807, 2.05) is 0 Å². The second-order valence-electron chi connectivity index (χ2n) is 6.43. The number of hydrogen-bond acceptors (Lipinski definition) is 4. The number of morpholine rings is 1. The first-order valence-corrected chi connectivity index (χ1v) is 8.82. The highest BCUT2D eigenvalue weighted by Gasteiger charge is 2.31. The number of ether oxygens (including phenoxy) is 3. The van der Waals surface area contributed by atoms with Gasteiger partial charge in [0.1, 0.15) is 18.5 Å². The summed E-state index contributed by atoms with van der Waals surface area (Å²) in [6.07, 6.45) is -4.97. The van der Waals surface area contributed by atoms with E-state index < -0.39 is 23.7 Å². The van der Waals surface area contributed by atoms with E-state index in [0.717, 1.165) is 18.2 Å². The first kappa shape index (κ1) is 20.9. The van der Waals surface area contributed by atoms with Gasteiger partial charge >= 0.3 is 6.18 Å². The molecule has 0 spiro atoms. The highest BCUT2D eigenvalue weighted by molar-refractivity contribution is 5.94. The number of benzene rings is 2. The minimum Gasteiger partial charge on any atom is -0.494 e. The maximum atomic E-state index is 13.5. The summed E-state index contributed by atoms with van der Waals surface area (Å²) >= 11 is 0. The molecule has 0 saturated carbocycles. The molecule has 3 rings (SSSR count). The SMILES string of the molecule is COc1cc(C(=O)N2CCOC(COc3cccc(C(F)(F)F)c3)C2)ccc1F. The standard InChI is InChI=1S/C20H19F4NO4/c1-27-18-9-13(5-6-17(18)21)19(26)25-7-8-28-16(11-25)12-29-15-4-2-3-14(10-15)20(22,23)24/h2-6,9-10,16H,7-8,11-12H2,1H3. The van der Waals surface area contributed by atoms with Crippen molar-refractivity contribution in [1.29, 1.82) is 0 Å².